The van der Waals surface area contributed by atoms with Crippen molar-refractivity contribution in [3.8, 4) is 0 Å². The van der Waals surface area contributed by atoms with Crippen molar-refractivity contribution in [2.45, 2.75) is 11.3 Å². The fraction of sp³-hybridized carbons (Fsp3) is 0.0488. The van der Waals surface area contributed by atoms with Crippen LogP contribution in [0.2, 0.25) is 0 Å². The fourth-order valence-corrected chi connectivity index (χ4v) is 10.0. The van der Waals surface area contributed by atoms with Crippen LogP contribution in [0.15, 0.2) is 143 Å². The Bertz CT molecular complexity index is 2810. The summed E-state index contributed by atoms with van der Waals surface area (Å²) in [5, 5.41) is 9.98. The van der Waals surface area contributed by atoms with Crippen LogP contribution in [0.5, 0.6) is 0 Å². The summed E-state index contributed by atoms with van der Waals surface area (Å²) < 4.78 is 11.7. The number of rotatable bonds is 1. The van der Waals surface area contributed by atoms with E-state index in [2.05, 4.69) is 138 Å². The molecule has 0 spiro atoms. The summed E-state index contributed by atoms with van der Waals surface area (Å²) in [6.45, 7) is 0. The number of aliphatic imine (C=N–C) groups is 1. The van der Waals surface area contributed by atoms with Gasteiger partial charge in [-0.2, -0.15) is 0 Å². The number of fused-ring (bicyclic) bond motifs is 12. The number of para-hydroxylation sites is 2. The molecule has 11 rings (SSSR count). The van der Waals surface area contributed by atoms with Crippen LogP contribution in [0.3, 0.4) is 0 Å². The zero-order chi connectivity index (χ0) is 29.9. The number of thioether (sulfide) groups is 1. The Morgan fingerprint density at radius 1 is 0.609 bits per heavy atom. The lowest BCUT2D eigenvalue weighted by Gasteiger charge is -2.22. The van der Waals surface area contributed by atoms with Gasteiger partial charge in [0.05, 0.1) is 22.3 Å². The van der Waals surface area contributed by atoms with Crippen molar-refractivity contribution in [1.82, 2.24) is 4.57 Å². The van der Waals surface area contributed by atoms with E-state index in [4.69, 9.17) is 9.41 Å². The van der Waals surface area contributed by atoms with E-state index in [1.54, 1.807) is 0 Å². The monoisotopic (exact) mass is 624 g/mol. The second-order valence-corrected chi connectivity index (χ2v) is 14.5. The third-order valence-electron chi connectivity index (χ3n) is 9.73. The molecule has 9 aromatic rings. The first-order valence-corrected chi connectivity index (χ1v) is 17.3. The van der Waals surface area contributed by atoms with Gasteiger partial charge in [0.25, 0.3) is 0 Å². The van der Waals surface area contributed by atoms with E-state index >= 15 is 0 Å². The Labute approximate surface area is 272 Å². The predicted molar refractivity (Wildman–Crippen MR) is 197 cm³/mol. The molecule has 4 heterocycles. The zero-order valence-electron chi connectivity index (χ0n) is 24.5. The number of thiophene rings is 1. The van der Waals surface area contributed by atoms with E-state index in [0.29, 0.717) is 0 Å². The van der Waals surface area contributed by atoms with Crippen LogP contribution < -0.4 is 0 Å². The Morgan fingerprint density at radius 2 is 1.39 bits per heavy atom. The van der Waals surface area contributed by atoms with E-state index in [9.17, 15) is 0 Å². The van der Waals surface area contributed by atoms with Gasteiger partial charge in [-0.3, -0.25) is 9.56 Å². The van der Waals surface area contributed by atoms with Crippen molar-refractivity contribution in [2.24, 2.45) is 4.99 Å². The number of hydrogen-bond acceptors (Lipinski definition) is 4. The van der Waals surface area contributed by atoms with Crippen molar-refractivity contribution in [3.63, 3.8) is 0 Å². The number of hydrogen-bond donors (Lipinski definition) is 0. The summed E-state index contributed by atoms with van der Waals surface area (Å²) in [7, 11) is 0. The molecule has 1 aliphatic heterocycles. The predicted octanol–water partition coefficient (Wildman–Crippen LogP) is 11.6. The minimum atomic E-state index is -0.0351. The molecule has 0 saturated carbocycles. The van der Waals surface area contributed by atoms with E-state index in [1.807, 2.05) is 23.1 Å². The van der Waals surface area contributed by atoms with Crippen molar-refractivity contribution in [3.05, 3.63) is 150 Å². The van der Waals surface area contributed by atoms with Crippen LogP contribution in [0, 0.1) is 0 Å². The van der Waals surface area contributed by atoms with Crippen molar-refractivity contribution in [1.29, 1.82) is 0 Å². The molecule has 2 aliphatic rings. The maximum absolute atomic E-state index is 6.67. The normalized spacial score (nSPS) is 17.7. The van der Waals surface area contributed by atoms with Gasteiger partial charge in [0, 0.05) is 47.5 Å². The minimum Gasteiger partial charge on any atom is -0.456 e. The van der Waals surface area contributed by atoms with E-state index in [0.717, 1.165) is 27.5 Å². The molecule has 216 valence electrons. The van der Waals surface area contributed by atoms with Crippen LogP contribution in [0.4, 0.5) is 0 Å². The molecule has 0 fully saturated rings. The third-order valence-corrected chi connectivity index (χ3v) is 12.0. The number of aromatic nitrogens is 1. The lowest BCUT2D eigenvalue weighted by atomic mass is 9.87. The maximum Gasteiger partial charge on any atom is 0.169 e. The van der Waals surface area contributed by atoms with Gasteiger partial charge in [-0.15, -0.1) is 11.3 Å². The lowest BCUT2D eigenvalue weighted by Crippen LogP contribution is -2.14. The van der Waals surface area contributed by atoms with Crippen molar-refractivity contribution in [2.75, 3.05) is 0 Å². The molecule has 0 N–H and O–H groups in total. The molecule has 0 bridgehead atoms. The highest BCUT2D eigenvalue weighted by atomic mass is 32.2. The molecule has 2 atom stereocenters. The number of benzene rings is 6. The second kappa shape index (κ2) is 9.23. The fourth-order valence-electron chi connectivity index (χ4n) is 7.65. The van der Waals surface area contributed by atoms with Gasteiger partial charge in [0.1, 0.15) is 11.3 Å². The highest BCUT2D eigenvalue weighted by Gasteiger charge is 2.40. The molecule has 1 aliphatic carbocycles. The summed E-state index contributed by atoms with van der Waals surface area (Å²) in [6.07, 6.45) is 2.40. The van der Waals surface area contributed by atoms with Gasteiger partial charge in [0.2, 0.25) is 0 Å². The molecule has 0 radical (unpaired) electrons. The second-order valence-electron chi connectivity index (χ2n) is 12.2. The quantitative estimate of drug-likeness (QED) is 0.182. The van der Waals surface area contributed by atoms with Crippen LogP contribution in [-0.4, -0.2) is 15.0 Å². The van der Waals surface area contributed by atoms with Gasteiger partial charge in [-0.1, -0.05) is 109 Å². The van der Waals surface area contributed by atoms with E-state index < -0.39 is 0 Å². The highest BCUT2D eigenvalue weighted by Crippen LogP contribution is 2.52. The van der Waals surface area contributed by atoms with Gasteiger partial charge in [-0.25, -0.2) is 0 Å². The number of nitrogens with zero attached hydrogens (tertiary/aromatic N) is 2. The average molecular weight is 625 g/mol. The van der Waals surface area contributed by atoms with Crippen molar-refractivity contribution < 1.29 is 4.42 Å². The van der Waals surface area contributed by atoms with Crippen LogP contribution in [0.25, 0.3) is 69.3 Å². The summed E-state index contributed by atoms with van der Waals surface area (Å²) in [5.41, 5.74) is 6.84. The van der Waals surface area contributed by atoms with E-state index in [-0.39, 0.29) is 11.3 Å². The molecular weight excluding hydrogens is 601 g/mol. The van der Waals surface area contributed by atoms with Gasteiger partial charge in [-0.05, 0) is 52.7 Å². The topological polar surface area (TPSA) is 30.4 Å². The van der Waals surface area contributed by atoms with Crippen LogP contribution >= 0.6 is 23.1 Å². The molecular formula is C41H24N2OS2. The first-order chi connectivity index (χ1) is 22.8. The van der Waals surface area contributed by atoms with Crippen LogP contribution in [-0.2, 0) is 0 Å². The Hall–Kier alpha value is -5.10. The van der Waals surface area contributed by atoms with Gasteiger partial charge >= 0.3 is 0 Å². The summed E-state index contributed by atoms with van der Waals surface area (Å²) in [6, 6.07) is 46.0. The lowest BCUT2D eigenvalue weighted by molar-refractivity contribution is 0.581. The molecule has 3 aromatic heterocycles. The zero-order valence-corrected chi connectivity index (χ0v) is 26.1. The Kier molecular flexibility index (Phi) is 5.04. The molecule has 6 aromatic carbocycles. The SMILES string of the molecule is C1=C(c2ccc3ccccc3c2)c2oc3ccccc3c2C2N=C(n3c4ccccc4c4cc5c(cc43)sc3ccccc35)SC12. The standard InChI is InChI=1S/C41H24N2OS2/c1-2-10-24-19-25(18-17-23(24)9-1)29-21-37-39(38-28-13-4-7-15-34(28)44-40(29)38)42-41(46-37)43-32-14-6-3-11-26(32)30-20-31-27-12-5-8-16-35(27)45-36(31)22-33(30)43/h1-22,37,39H. The number of furan rings is 1. The largest absolute Gasteiger partial charge is 0.456 e. The molecule has 2 unspecified atom stereocenters. The molecule has 46 heavy (non-hydrogen) atoms. The Morgan fingerprint density at radius 3 is 2.33 bits per heavy atom. The van der Waals surface area contributed by atoms with Gasteiger partial charge < -0.3 is 4.42 Å². The molecule has 5 heteroatoms. The third kappa shape index (κ3) is 3.42. The molecule has 0 saturated heterocycles. The molecule has 0 amide bonds. The smallest absolute Gasteiger partial charge is 0.169 e. The van der Waals surface area contributed by atoms with Gasteiger partial charge in [0.15, 0.2) is 5.17 Å². The average Bonchev–Trinajstić information content (AvgIpc) is 3.86. The van der Waals surface area contributed by atoms with E-state index in [1.165, 1.54) is 63.9 Å². The highest BCUT2D eigenvalue weighted by molar-refractivity contribution is 8.14. The maximum atomic E-state index is 6.67. The Balaban J connectivity index is 1.14. The van der Waals surface area contributed by atoms with Crippen LogP contribution in [0.1, 0.15) is 22.9 Å². The summed E-state index contributed by atoms with van der Waals surface area (Å²) in [5.74, 6) is 0.942. The summed E-state index contributed by atoms with van der Waals surface area (Å²) in [4.78, 5) is 5.56. The van der Waals surface area contributed by atoms with Crippen molar-refractivity contribution >= 4 is 97.6 Å². The minimum absolute atomic E-state index is 0.0351. The summed E-state index contributed by atoms with van der Waals surface area (Å²) >= 11 is 3.74. The first-order valence-electron chi connectivity index (χ1n) is 15.6. The first kappa shape index (κ1) is 25.1. The molecule has 3 nitrogen and oxygen atoms in total.